The van der Waals surface area contributed by atoms with Gasteiger partial charge in [-0.25, -0.2) is 9.98 Å². The second kappa shape index (κ2) is 13.8. The van der Waals surface area contributed by atoms with Gasteiger partial charge in [0.05, 0.1) is 11.4 Å². The molecule has 2 aromatic carbocycles. The van der Waals surface area contributed by atoms with Crippen LogP contribution in [0.15, 0.2) is 106 Å². The van der Waals surface area contributed by atoms with Crippen LogP contribution in [0, 0.1) is 0 Å². The van der Waals surface area contributed by atoms with Gasteiger partial charge in [0.15, 0.2) is 11.6 Å². The van der Waals surface area contributed by atoms with Crippen LogP contribution in [-0.4, -0.2) is 23.0 Å². The number of hydrogen-bond donors (Lipinski definition) is 0. The molecular weight excluding hydrogens is 730 g/mol. The van der Waals surface area contributed by atoms with Crippen LogP contribution in [0.3, 0.4) is 0 Å². The molecule has 0 aliphatic carbocycles. The Morgan fingerprint density at radius 1 is 0.418 bits per heavy atom. The van der Waals surface area contributed by atoms with Gasteiger partial charge in [-0.1, -0.05) is 155 Å². The van der Waals surface area contributed by atoms with Crippen molar-refractivity contribution in [3.8, 4) is 0 Å². The van der Waals surface area contributed by atoms with Gasteiger partial charge in [-0.3, -0.25) is 9.59 Å². The first kappa shape index (κ1) is 39.9. The van der Waals surface area contributed by atoms with Crippen LogP contribution < -0.4 is 9.97 Å². The smallest absolute Gasteiger partial charge is 0.654 e. The molecule has 0 fully saturated rings. The average molecular weight is 780 g/mol. The predicted octanol–water partition coefficient (Wildman–Crippen LogP) is 10.4. The van der Waals surface area contributed by atoms with E-state index in [1.54, 1.807) is 24.3 Å². The zero-order chi connectivity index (χ0) is 39.1. The van der Waals surface area contributed by atoms with E-state index >= 15 is 0 Å². The van der Waals surface area contributed by atoms with Gasteiger partial charge in [0.1, 0.15) is 11.4 Å². The summed E-state index contributed by atoms with van der Waals surface area (Å²) in [5, 5.41) is 0. The summed E-state index contributed by atoms with van der Waals surface area (Å²) >= 11 is 0. The van der Waals surface area contributed by atoms with Gasteiger partial charge >= 0.3 is 19.5 Å². The zero-order valence-electron chi connectivity index (χ0n) is 34.4. The number of allylic oxidation sites excluding steroid dienone is 4. The largest absolute Gasteiger partial charge is 2.00 e. The Labute approximate surface area is 338 Å². The average Bonchev–Trinajstić information content (AvgIpc) is 3.91. The number of nitrogens with zero attached hydrogens (tertiary/aromatic N) is 4. The number of fused-ring (bicyclic) bond motifs is 6. The van der Waals surface area contributed by atoms with Crippen LogP contribution in [-0.2, 0) is 41.1 Å². The van der Waals surface area contributed by atoms with E-state index in [9.17, 15) is 9.59 Å². The monoisotopic (exact) mass is 778 g/mol. The molecule has 3 aliphatic heterocycles. The molecule has 0 saturated heterocycles. The van der Waals surface area contributed by atoms with Crippen molar-refractivity contribution in [1.82, 2.24) is 9.97 Å². The van der Waals surface area contributed by atoms with Gasteiger partial charge in [0.25, 0.3) is 0 Å². The van der Waals surface area contributed by atoms with Crippen LogP contribution in [0.4, 0.5) is 0 Å². The molecule has 276 valence electrons. The second-order valence-corrected chi connectivity index (χ2v) is 18.9. The van der Waals surface area contributed by atoms with E-state index in [4.69, 9.17) is 20.0 Å². The van der Waals surface area contributed by atoms with Gasteiger partial charge in [0, 0.05) is 0 Å². The summed E-state index contributed by atoms with van der Waals surface area (Å²) in [4.78, 5) is 48.2. The summed E-state index contributed by atoms with van der Waals surface area (Å²) in [5.41, 5.74) is 11.2. The van der Waals surface area contributed by atoms with Crippen molar-refractivity contribution in [3.05, 3.63) is 153 Å². The topological polar surface area (TPSA) is 87.1 Å². The molecule has 5 heterocycles. The summed E-state index contributed by atoms with van der Waals surface area (Å²) in [5.74, 6) is -0.531. The first-order valence-corrected chi connectivity index (χ1v) is 18.8. The van der Waals surface area contributed by atoms with E-state index in [1.807, 2.05) is 24.3 Å². The zero-order valence-corrected chi connectivity index (χ0v) is 37.4. The molecule has 0 N–H and O–H groups in total. The van der Waals surface area contributed by atoms with Crippen LogP contribution in [0.25, 0.3) is 11.1 Å². The van der Waals surface area contributed by atoms with Crippen molar-refractivity contribution in [2.75, 3.05) is 0 Å². The maximum Gasteiger partial charge on any atom is 2.00 e. The van der Waals surface area contributed by atoms with E-state index in [0.29, 0.717) is 45.6 Å². The van der Waals surface area contributed by atoms with Crippen LogP contribution in [0.5, 0.6) is 0 Å². The Kier molecular flexibility index (Phi) is 10.0. The van der Waals surface area contributed by atoms with E-state index < -0.39 is 0 Å². The maximum absolute atomic E-state index is 14.2. The van der Waals surface area contributed by atoms with Gasteiger partial charge < -0.3 is 9.97 Å². The van der Waals surface area contributed by atoms with Crippen molar-refractivity contribution in [3.63, 3.8) is 0 Å². The van der Waals surface area contributed by atoms with Crippen molar-refractivity contribution in [2.24, 2.45) is 9.98 Å². The molecule has 0 saturated carbocycles. The normalized spacial score (nSPS) is 16.2. The Morgan fingerprint density at radius 2 is 0.709 bits per heavy atom. The van der Waals surface area contributed by atoms with Crippen molar-refractivity contribution >= 4 is 34.1 Å². The fraction of sp³-hybridized carbons (Fsp3) is 0.333. The number of ketones is 2. The van der Waals surface area contributed by atoms with Crippen molar-refractivity contribution < 1.29 is 29.1 Å². The predicted molar refractivity (Wildman–Crippen MR) is 221 cm³/mol. The summed E-state index contributed by atoms with van der Waals surface area (Å²) < 4.78 is 0. The Morgan fingerprint density at radius 3 is 1.00 bits per heavy atom. The first-order chi connectivity index (χ1) is 25.1. The molecule has 55 heavy (non-hydrogen) atoms. The number of benzene rings is 2. The summed E-state index contributed by atoms with van der Waals surface area (Å²) in [6.07, 6.45) is 7.26. The van der Waals surface area contributed by atoms with Crippen LogP contribution in [0.2, 0.25) is 0 Å². The molecule has 6 nitrogen and oxygen atoms in total. The summed E-state index contributed by atoms with van der Waals surface area (Å²) in [6.45, 7) is 26.4. The number of aromatic nitrogens is 2. The van der Waals surface area contributed by atoms with E-state index in [-0.39, 0.29) is 52.7 Å². The number of Topliss-reactive ketones (excluding diaryl/α,β-unsaturated/α-hetero) is 2. The molecule has 8 bridgehead atoms. The number of rotatable bonds is 2. The SMILES string of the molecule is CC(C)(C)c1cc(C2=C3C=CC(=N3)C(=O)c3ccc([n-]3)C(c3cc(C(C)(C)C)cc(C(C)(C)C)c3)=C3C=CC(=N3)C(=O)c3ccc2[n-]3)cc(C(C)(C)C)c1.[Zn+2]. The molecule has 0 atom stereocenters. The molecule has 0 amide bonds. The van der Waals surface area contributed by atoms with Crippen LogP contribution in [0.1, 0.15) is 149 Å². The minimum Gasteiger partial charge on any atom is -0.654 e. The minimum absolute atomic E-state index is 0. The molecule has 0 radical (unpaired) electrons. The van der Waals surface area contributed by atoms with Crippen LogP contribution >= 0.6 is 0 Å². The third-order valence-corrected chi connectivity index (χ3v) is 10.4. The third kappa shape index (κ3) is 7.74. The standard InChI is InChI=1S/C48H52N4O2.Zn/c1-45(2,3)29-21-27(22-30(25-29)46(4,5)6)41-33-13-17-37(49-33)43(53)39-19-15-35(51-39)42(28-23-31(47(7,8)9)26-32(24-28)48(10,11)12)36-16-20-40(52-36)44(54)38-18-14-34(41)50-38;/h13-26H,1-12H3,(H2,49,50,51,52,53,54);/q;+2/p-2. The Bertz CT molecular complexity index is 2210. The van der Waals surface area contributed by atoms with Gasteiger partial charge in [-0.15, -0.1) is 11.4 Å². The quantitative estimate of drug-likeness (QED) is 0.190. The molecule has 0 spiro atoms. The Hall–Kier alpha value is -4.74. The number of aliphatic imine (C=N–C) groups is 2. The fourth-order valence-electron chi connectivity index (χ4n) is 6.90. The molecule has 2 aromatic heterocycles. The third-order valence-electron chi connectivity index (χ3n) is 10.4. The fourth-order valence-corrected chi connectivity index (χ4v) is 6.90. The molecule has 7 heteroatoms. The van der Waals surface area contributed by atoms with E-state index in [1.165, 1.54) is 22.3 Å². The first-order valence-electron chi connectivity index (χ1n) is 18.8. The van der Waals surface area contributed by atoms with Crippen molar-refractivity contribution in [1.29, 1.82) is 0 Å². The van der Waals surface area contributed by atoms with Crippen molar-refractivity contribution in [2.45, 2.75) is 105 Å². The minimum atomic E-state index is -0.265. The Balaban J connectivity index is 0.00000514. The number of carbonyl (C=O) groups excluding carboxylic acids is 2. The van der Waals surface area contributed by atoms with E-state index in [2.05, 4.69) is 119 Å². The molecule has 0 unspecified atom stereocenters. The summed E-state index contributed by atoms with van der Waals surface area (Å²) in [6, 6.07) is 20.5. The van der Waals surface area contributed by atoms with E-state index in [0.717, 1.165) is 22.3 Å². The van der Waals surface area contributed by atoms with Gasteiger partial charge in [-0.05, 0) is 90.5 Å². The molecular formula is C48H50N4O2Zn. The second-order valence-electron chi connectivity index (χ2n) is 18.9. The molecule has 4 aromatic rings. The van der Waals surface area contributed by atoms with Gasteiger partial charge in [-0.2, -0.15) is 0 Å². The maximum atomic E-state index is 14.2. The molecule has 3 aliphatic rings. The van der Waals surface area contributed by atoms with Gasteiger partial charge in [0.2, 0.25) is 0 Å². The molecule has 7 rings (SSSR count). The number of hydrogen-bond acceptors (Lipinski definition) is 4. The number of carbonyl (C=O) groups is 2. The summed E-state index contributed by atoms with van der Waals surface area (Å²) in [7, 11) is 0.